The highest BCUT2D eigenvalue weighted by atomic mass is 16.3. The lowest BCUT2D eigenvalue weighted by molar-refractivity contribution is -0.142. The number of amides is 1. The van der Waals surface area contributed by atoms with Crippen LogP contribution in [0.3, 0.4) is 0 Å². The smallest absolute Gasteiger partial charge is 0.256 e. The third kappa shape index (κ3) is 3.38. The predicted octanol–water partition coefficient (Wildman–Crippen LogP) is 1.71. The van der Waals surface area contributed by atoms with Crippen LogP contribution in [-0.2, 0) is 4.79 Å². The zero-order chi connectivity index (χ0) is 14.5. The monoisotopic (exact) mass is 276 g/mol. The van der Waals surface area contributed by atoms with Crippen molar-refractivity contribution in [2.75, 3.05) is 14.1 Å². The number of nitrogens with zero attached hydrogens (tertiary/aromatic N) is 1. The van der Waals surface area contributed by atoms with Gasteiger partial charge in [-0.15, -0.1) is 0 Å². The van der Waals surface area contributed by atoms with Crippen LogP contribution in [0.15, 0.2) is 30.3 Å². The van der Waals surface area contributed by atoms with Gasteiger partial charge in [0.25, 0.3) is 5.91 Å². The summed E-state index contributed by atoms with van der Waals surface area (Å²) < 4.78 is 0. The molecule has 1 amide bonds. The van der Waals surface area contributed by atoms with Gasteiger partial charge in [0.05, 0.1) is 0 Å². The highest BCUT2D eigenvalue weighted by Crippen LogP contribution is 2.24. The lowest BCUT2D eigenvalue weighted by atomic mass is 9.90. The lowest BCUT2D eigenvalue weighted by Gasteiger charge is -2.35. The van der Waals surface area contributed by atoms with E-state index in [4.69, 9.17) is 0 Å². The maximum atomic E-state index is 12.4. The Bertz CT molecular complexity index is 427. The zero-order valence-electron chi connectivity index (χ0n) is 12.2. The van der Waals surface area contributed by atoms with E-state index in [1.54, 1.807) is 24.1 Å². The Balaban J connectivity index is 1.95. The van der Waals surface area contributed by atoms with Crippen molar-refractivity contribution in [1.82, 2.24) is 10.2 Å². The molecule has 1 aliphatic rings. The first-order valence-corrected chi connectivity index (χ1v) is 7.30. The molecule has 0 heterocycles. The molecule has 2 N–H and O–H groups in total. The molecule has 0 saturated heterocycles. The average Bonchev–Trinajstić information content (AvgIpc) is 2.53. The highest BCUT2D eigenvalue weighted by Gasteiger charge is 2.29. The number of carbonyl (C=O) groups is 1. The van der Waals surface area contributed by atoms with E-state index >= 15 is 0 Å². The number of nitrogens with one attached hydrogen (secondary N) is 1. The van der Waals surface area contributed by atoms with Crippen LogP contribution in [0.5, 0.6) is 0 Å². The van der Waals surface area contributed by atoms with E-state index in [1.807, 2.05) is 25.2 Å². The molecule has 0 bridgehead atoms. The second kappa shape index (κ2) is 6.86. The van der Waals surface area contributed by atoms with E-state index in [-0.39, 0.29) is 11.9 Å². The molecular formula is C16H24N2O2. The zero-order valence-corrected chi connectivity index (χ0v) is 12.2. The summed E-state index contributed by atoms with van der Waals surface area (Å²) >= 11 is 0. The number of rotatable bonds is 4. The van der Waals surface area contributed by atoms with E-state index in [0.717, 1.165) is 25.7 Å². The average molecular weight is 276 g/mol. The lowest BCUT2D eigenvalue weighted by Crippen LogP contribution is -2.44. The molecule has 1 unspecified atom stereocenters. The second-order valence-electron chi connectivity index (χ2n) is 5.56. The normalized spacial score (nSPS) is 24.1. The third-order valence-electron chi connectivity index (χ3n) is 4.35. The summed E-state index contributed by atoms with van der Waals surface area (Å²) in [7, 11) is 3.79. The maximum absolute atomic E-state index is 12.4. The fourth-order valence-electron chi connectivity index (χ4n) is 2.90. The van der Waals surface area contributed by atoms with E-state index in [1.165, 1.54) is 0 Å². The summed E-state index contributed by atoms with van der Waals surface area (Å²) in [6, 6.07) is 9.93. The van der Waals surface area contributed by atoms with E-state index in [0.29, 0.717) is 11.6 Å². The molecule has 0 spiro atoms. The van der Waals surface area contributed by atoms with E-state index in [9.17, 15) is 9.90 Å². The molecule has 20 heavy (non-hydrogen) atoms. The van der Waals surface area contributed by atoms with Crippen molar-refractivity contribution in [1.29, 1.82) is 0 Å². The first-order valence-electron chi connectivity index (χ1n) is 7.30. The van der Waals surface area contributed by atoms with Crippen molar-refractivity contribution in [2.45, 2.75) is 43.9 Å². The first kappa shape index (κ1) is 15.0. The number of aliphatic hydroxyl groups is 1. The van der Waals surface area contributed by atoms with Gasteiger partial charge in [-0.2, -0.15) is 0 Å². The fraction of sp³-hybridized carbons (Fsp3) is 0.562. The molecule has 1 aromatic rings. The van der Waals surface area contributed by atoms with Gasteiger partial charge in [0.2, 0.25) is 0 Å². The second-order valence-corrected chi connectivity index (χ2v) is 5.56. The molecule has 2 rings (SSSR count). The van der Waals surface area contributed by atoms with Gasteiger partial charge in [-0.05, 0) is 38.3 Å². The number of aliphatic hydroxyl groups excluding tert-OH is 1. The van der Waals surface area contributed by atoms with Crippen LogP contribution in [0.4, 0.5) is 0 Å². The molecule has 0 aliphatic heterocycles. The topological polar surface area (TPSA) is 52.6 Å². The number of likely N-dealkylation sites (N-methyl/N-ethyl adjacent to an activating group) is 1. The molecule has 1 aromatic carbocycles. The molecule has 1 atom stereocenters. The van der Waals surface area contributed by atoms with Crippen molar-refractivity contribution in [3.63, 3.8) is 0 Å². The van der Waals surface area contributed by atoms with Crippen molar-refractivity contribution in [3.8, 4) is 0 Å². The van der Waals surface area contributed by atoms with Gasteiger partial charge in [-0.1, -0.05) is 30.3 Å². The Morgan fingerprint density at radius 1 is 1.25 bits per heavy atom. The van der Waals surface area contributed by atoms with Crippen molar-refractivity contribution in [3.05, 3.63) is 35.9 Å². The number of hydrogen-bond donors (Lipinski definition) is 2. The van der Waals surface area contributed by atoms with Gasteiger partial charge in [0, 0.05) is 19.1 Å². The van der Waals surface area contributed by atoms with Gasteiger partial charge < -0.3 is 15.3 Å². The quantitative estimate of drug-likeness (QED) is 0.880. The molecular weight excluding hydrogens is 252 g/mol. The minimum atomic E-state index is -1.05. The summed E-state index contributed by atoms with van der Waals surface area (Å²) in [6.45, 7) is 0. The number of benzene rings is 1. The van der Waals surface area contributed by atoms with Gasteiger partial charge in [-0.25, -0.2) is 0 Å². The first-order chi connectivity index (χ1) is 9.63. The van der Waals surface area contributed by atoms with Crippen LogP contribution in [0.2, 0.25) is 0 Å². The van der Waals surface area contributed by atoms with Crippen molar-refractivity contribution < 1.29 is 9.90 Å². The van der Waals surface area contributed by atoms with Crippen molar-refractivity contribution >= 4 is 5.91 Å². The highest BCUT2D eigenvalue weighted by molar-refractivity contribution is 5.82. The Morgan fingerprint density at radius 3 is 2.40 bits per heavy atom. The summed E-state index contributed by atoms with van der Waals surface area (Å²) in [5.74, 6) is -0.205. The summed E-state index contributed by atoms with van der Waals surface area (Å²) in [4.78, 5) is 14.1. The molecule has 4 nitrogen and oxygen atoms in total. The Labute approximate surface area is 120 Å². The molecule has 1 fully saturated rings. The number of carbonyl (C=O) groups excluding carboxylic acids is 1. The Hall–Kier alpha value is -1.39. The summed E-state index contributed by atoms with van der Waals surface area (Å²) in [5.41, 5.74) is 0.660. The van der Waals surface area contributed by atoms with E-state index in [2.05, 4.69) is 5.32 Å². The van der Waals surface area contributed by atoms with Crippen LogP contribution in [0, 0.1) is 0 Å². The van der Waals surface area contributed by atoms with Gasteiger partial charge in [0.1, 0.15) is 0 Å². The van der Waals surface area contributed by atoms with Crippen LogP contribution >= 0.6 is 0 Å². The fourth-order valence-corrected chi connectivity index (χ4v) is 2.90. The Morgan fingerprint density at radius 2 is 1.85 bits per heavy atom. The van der Waals surface area contributed by atoms with Gasteiger partial charge in [0.15, 0.2) is 6.10 Å². The number of hydrogen-bond acceptors (Lipinski definition) is 3. The van der Waals surface area contributed by atoms with Crippen LogP contribution in [-0.4, -0.2) is 42.1 Å². The summed E-state index contributed by atoms with van der Waals surface area (Å²) in [5, 5.41) is 13.5. The van der Waals surface area contributed by atoms with E-state index < -0.39 is 6.10 Å². The Kier molecular flexibility index (Phi) is 5.15. The SMILES string of the molecule is CNC1CCC(N(C)C(=O)C(O)c2ccccc2)CC1. The standard InChI is InChI=1S/C16H24N2O2/c1-17-13-8-10-14(11-9-13)18(2)16(20)15(19)12-6-4-3-5-7-12/h3-7,13-15,17,19H,8-11H2,1-2H3. The molecule has 110 valence electrons. The van der Waals surface area contributed by atoms with Crippen LogP contribution < -0.4 is 5.32 Å². The minimum Gasteiger partial charge on any atom is -0.378 e. The molecule has 0 radical (unpaired) electrons. The maximum Gasteiger partial charge on any atom is 0.256 e. The van der Waals surface area contributed by atoms with Crippen LogP contribution in [0.25, 0.3) is 0 Å². The molecule has 4 heteroatoms. The minimum absolute atomic E-state index is 0.205. The molecule has 1 aliphatic carbocycles. The van der Waals surface area contributed by atoms with Gasteiger partial charge >= 0.3 is 0 Å². The summed E-state index contributed by atoms with van der Waals surface area (Å²) in [6.07, 6.45) is 3.11. The molecule has 0 aromatic heterocycles. The largest absolute Gasteiger partial charge is 0.378 e. The van der Waals surface area contributed by atoms with Crippen molar-refractivity contribution in [2.24, 2.45) is 0 Å². The van der Waals surface area contributed by atoms with Crippen LogP contribution in [0.1, 0.15) is 37.4 Å². The molecule has 1 saturated carbocycles. The van der Waals surface area contributed by atoms with Gasteiger partial charge in [-0.3, -0.25) is 4.79 Å². The third-order valence-corrected chi connectivity index (χ3v) is 4.35. The predicted molar refractivity (Wildman–Crippen MR) is 79.3 cm³/mol.